The number of aromatic amines is 1. The molecule has 4 atom stereocenters. The monoisotopic (exact) mass is 559 g/mol. The molecule has 5 rings (SSSR count). The van der Waals surface area contributed by atoms with Gasteiger partial charge >= 0.3 is 6.03 Å². The summed E-state index contributed by atoms with van der Waals surface area (Å²) in [5, 5.41) is 22.8. The molecule has 4 aromatic rings. The summed E-state index contributed by atoms with van der Waals surface area (Å²) in [6, 6.07) is 25.3. The number of hydrogen-bond donors (Lipinski definition) is 4. The van der Waals surface area contributed by atoms with Gasteiger partial charge in [-0.2, -0.15) is 5.10 Å². The molecule has 1 saturated heterocycles. The number of carbonyl (C=O) groups excluding carboxylic acids is 1. The molecule has 1 aliphatic rings. The molecular formula is C30H33N5O4S. The minimum absolute atomic E-state index is 0.000563. The summed E-state index contributed by atoms with van der Waals surface area (Å²) < 4.78 is 13.0. The average Bonchev–Trinajstić information content (AvgIpc) is 3.53. The second-order valence-electron chi connectivity index (χ2n) is 9.69. The molecule has 0 saturated carbocycles. The molecule has 3 aromatic carbocycles. The molecule has 2 amide bonds. The van der Waals surface area contributed by atoms with Crippen molar-refractivity contribution in [1.82, 2.24) is 25.8 Å². The molecule has 0 spiro atoms. The van der Waals surface area contributed by atoms with Crippen LogP contribution in [-0.4, -0.2) is 38.2 Å². The van der Waals surface area contributed by atoms with E-state index in [9.17, 15) is 9.90 Å². The lowest BCUT2D eigenvalue weighted by molar-refractivity contribution is -0.268. The van der Waals surface area contributed by atoms with Crippen molar-refractivity contribution in [1.29, 1.82) is 0 Å². The lowest BCUT2D eigenvalue weighted by Crippen LogP contribution is -2.38. The number of ether oxygens (including phenoxy) is 2. The Bertz CT molecular complexity index is 1340. The standard InChI is InChI=1S/C30H33N5O4S/c1-20-26(18-40-30-33-19-34-35-30)38-28(39-27(20)24-11-9-23(17-36)10-12-24)25-13-7-22(8-14-25)16-32-29(37)31-15-21-5-3-2-4-6-21/h2-14,19-20,26-28,36H,15-18H2,1H3,(H2,31,32,37)(H,33,34,35)/t20-,26+,27+,28+/m0/s1. The predicted molar refractivity (Wildman–Crippen MR) is 152 cm³/mol. The summed E-state index contributed by atoms with van der Waals surface area (Å²) in [6.45, 7) is 3.00. The van der Waals surface area contributed by atoms with Crippen LogP contribution in [0.5, 0.6) is 0 Å². The maximum atomic E-state index is 12.2. The van der Waals surface area contributed by atoms with E-state index in [1.165, 1.54) is 6.33 Å². The third-order valence-electron chi connectivity index (χ3n) is 6.90. The van der Waals surface area contributed by atoms with Gasteiger partial charge in [0, 0.05) is 30.3 Å². The molecule has 0 radical (unpaired) electrons. The van der Waals surface area contributed by atoms with Crippen molar-refractivity contribution in [2.75, 3.05) is 5.75 Å². The number of carbonyl (C=O) groups is 1. The van der Waals surface area contributed by atoms with Gasteiger partial charge in [0.1, 0.15) is 6.33 Å². The molecule has 40 heavy (non-hydrogen) atoms. The molecule has 0 bridgehead atoms. The Hall–Kier alpha value is -3.70. The summed E-state index contributed by atoms with van der Waals surface area (Å²) in [5.74, 6) is 0.756. The van der Waals surface area contributed by atoms with Crippen LogP contribution >= 0.6 is 11.8 Å². The zero-order chi connectivity index (χ0) is 27.7. The van der Waals surface area contributed by atoms with E-state index >= 15 is 0 Å². The summed E-state index contributed by atoms with van der Waals surface area (Å²) >= 11 is 1.56. The normalized spacial score (nSPS) is 20.6. The third kappa shape index (κ3) is 7.28. The number of nitrogens with zero attached hydrogens (tertiary/aromatic N) is 2. The SMILES string of the molecule is C[C@H]1[C@@H](CSc2ncn[nH]2)O[C@@H](c2ccc(CNC(=O)NCc3ccccc3)cc2)O[C@H]1c1ccc(CO)cc1. The third-order valence-corrected chi connectivity index (χ3v) is 7.87. The van der Waals surface area contributed by atoms with Crippen LogP contribution in [0.15, 0.2) is 90.3 Å². The molecule has 0 unspecified atom stereocenters. The van der Waals surface area contributed by atoms with Gasteiger partial charge in [0.15, 0.2) is 11.4 Å². The highest BCUT2D eigenvalue weighted by atomic mass is 32.2. The van der Waals surface area contributed by atoms with Crippen LogP contribution < -0.4 is 10.6 Å². The minimum atomic E-state index is -0.560. The Kier molecular flexibility index (Phi) is 9.46. The Morgan fingerprint density at radius 2 is 1.55 bits per heavy atom. The largest absolute Gasteiger partial charge is 0.392 e. The zero-order valence-corrected chi connectivity index (χ0v) is 23.0. The van der Waals surface area contributed by atoms with Crippen molar-refractivity contribution >= 4 is 17.8 Å². The number of aromatic nitrogens is 3. The molecule has 0 aliphatic carbocycles. The quantitative estimate of drug-likeness (QED) is 0.204. The maximum Gasteiger partial charge on any atom is 0.315 e. The molecule has 1 fully saturated rings. The zero-order valence-electron chi connectivity index (χ0n) is 22.2. The fourth-order valence-corrected chi connectivity index (χ4v) is 5.49. The molecule has 4 N–H and O–H groups in total. The smallest absolute Gasteiger partial charge is 0.315 e. The van der Waals surface area contributed by atoms with E-state index in [4.69, 9.17) is 9.47 Å². The minimum Gasteiger partial charge on any atom is -0.392 e. The van der Waals surface area contributed by atoms with Crippen LogP contribution in [0, 0.1) is 5.92 Å². The Morgan fingerprint density at radius 3 is 2.20 bits per heavy atom. The summed E-state index contributed by atoms with van der Waals surface area (Å²) in [6.07, 6.45) is 0.636. The first-order chi connectivity index (χ1) is 19.6. The van der Waals surface area contributed by atoms with Gasteiger partial charge in [-0.25, -0.2) is 9.78 Å². The van der Waals surface area contributed by atoms with Crippen molar-refractivity contribution < 1.29 is 19.4 Å². The molecule has 2 heterocycles. The molecule has 9 nitrogen and oxygen atoms in total. The fourth-order valence-electron chi connectivity index (χ4n) is 4.55. The van der Waals surface area contributed by atoms with Crippen molar-refractivity contribution in [2.45, 2.75) is 50.3 Å². The van der Waals surface area contributed by atoms with E-state index < -0.39 is 6.29 Å². The van der Waals surface area contributed by atoms with Crippen molar-refractivity contribution in [3.63, 3.8) is 0 Å². The van der Waals surface area contributed by atoms with Crippen LogP contribution in [0.2, 0.25) is 0 Å². The van der Waals surface area contributed by atoms with E-state index in [1.807, 2.05) is 78.9 Å². The number of aliphatic hydroxyl groups excluding tert-OH is 1. The number of rotatable bonds is 10. The highest BCUT2D eigenvalue weighted by Gasteiger charge is 2.38. The van der Waals surface area contributed by atoms with Gasteiger partial charge in [-0.15, -0.1) is 0 Å². The number of hydrogen-bond acceptors (Lipinski definition) is 7. The van der Waals surface area contributed by atoms with Crippen molar-refractivity contribution in [3.8, 4) is 0 Å². The highest BCUT2D eigenvalue weighted by molar-refractivity contribution is 7.99. The van der Waals surface area contributed by atoms with Crippen molar-refractivity contribution in [2.24, 2.45) is 5.92 Å². The molecule has 10 heteroatoms. The first-order valence-electron chi connectivity index (χ1n) is 13.2. The molecule has 208 valence electrons. The van der Waals surface area contributed by atoms with Crippen molar-refractivity contribution in [3.05, 3.63) is 113 Å². The van der Waals surface area contributed by atoms with Crippen LogP contribution in [0.25, 0.3) is 0 Å². The van der Waals surface area contributed by atoms with Gasteiger partial charge in [0.25, 0.3) is 0 Å². The number of nitrogens with one attached hydrogen (secondary N) is 3. The fraction of sp³-hybridized carbons (Fsp3) is 0.300. The van der Waals surface area contributed by atoms with Crippen LogP contribution in [0.3, 0.4) is 0 Å². The maximum absolute atomic E-state index is 12.2. The van der Waals surface area contributed by atoms with Gasteiger partial charge in [-0.1, -0.05) is 97.5 Å². The molecule has 1 aliphatic heterocycles. The van der Waals surface area contributed by atoms with E-state index in [1.54, 1.807) is 11.8 Å². The van der Waals surface area contributed by atoms with Gasteiger partial charge in [-0.05, 0) is 22.3 Å². The summed E-state index contributed by atoms with van der Waals surface area (Å²) in [4.78, 5) is 16.5. The van der Waals surface area contributed by atoms with Gasteiger partial charge < -0.3 is 25.2 Å². The van der Waals surface area contributed by atoms with E-state index in [-0.39, 0.29) is 30.8 Å². The molecule has 1 aromatic heterocycles. The van der Waals surface area contributed by atoms with Crippen LogP contribution in [-0.2, 0) is 29.2 Å². The number of thioether (sulfide) groups is 1. The van der Waals surface area contributed by atoms with Crippen LogP contribution in [0.1, 0.15) is 47.1 Å². The first kappa shape index (κ1) is 27.9. The summed E-state index contributed by atoms with van der Waals surface area (Å²) in [7, 11) is 0. The lowest BCUT2D eigenvalue weighted by Gasteiger charge is -2.41. The average molecular weight is 560 g/mol. The topological polar surface area (TPSA) is 121 Å². The number of amides is 2. The first-order valence-corrected chi connectivity index (χ1v) is 14.2. The van der Waals surface area contributed by atoms with E-state index in [0.717, 1.165) is 33.0 Å². The highest BCUT2D eigenvalue weighted by Crippen LogP contribution is 2.42. The van der Waals surface area contributed by atoms with Crippen LogP contribution in [0.4, 0.5) is 4.79 Å². The summed E-state index contributed by atoms with van der Waals surface area (Å²) in [5.41, 5.74) is 4.81. The Balaban J connectivity index is 1.23. The second-order valence-corrected chi connectivity index (χ2v) is 10.7. The lowest BCUT2D eigenvalue weighted by atomic mass is 9.91. The Labute approximate surface area is 237 Å². The van der Waals surface area contributed by atoms with E-state index in [0.29, 0.717) is 18.8 Å². The Morgan fingerprint density at radius 1 is 0.900 bits per heavy atom. The molecular weight excluding hydrogens is 526 g/mol. The number of aliphatic hydroxyl groups is 1. The van der Waals surface area contributed by atoms with E-state index in [2.05, 4.69) is 32.7 Å². The van der Waals surface area contributed by atoms with Gasteiger partial charge in [0.2, 0.25) is 0 Å². The number of benzene rings is 3. The number of urea groups is 1. The predicted octanol–water partition coefficient (Wildman–Crippen LogP) is 4.88. The van der Waals surface area contributed by atoms with Gasteiger partial charge in [-0.3, -0.25) is 5.10 Å². The second kappa shape index (κ2) is 13.6. The van der Waals surface area contributed by atoms with Gasteiger partial charge in [0.05, 0.1) is 18.8 Å². The number of H-pyrrole nitrogens is 1.